The molecular weight excluding hydrogens is 200 g/mol. The van der Waals surface area contributed by atoms with E-state index < -0.39 is 0 Å². The summed E-state index contributed by atoms with van der Waals surface area (Å²) in [6, 6.07) is 0.609. The van der Waals surface area contributed by atoms with E-state index in [4.69, 9.17) is 0 Å². The Balaban J connectivity index is 2.20. The van der Waals surface area contributed by atoms with Gasteiger partial charge in [-0.2, -0.15) is 0 Å². The monoisotopic (exact) mass is 224 g/mol. The SMILES string of the molecule is CCCCC(C)NCCc1nncn1CC. The summed E-state index contributed by atoms with van der Waals surface area (Å²) in [4.78, 5) is 0. The number of aromatic nitrogens is 3. The third kappa shape index (κ3) is 4.31. The van der Waals surface area contributed by atoms with E-state index in [9.17, 15) is 0 Å². The maximum absolute atomic E-state index is 4.12. The van der Waals surface area contributed by atoms with Crippen LogP contribution in [0.25, 0.3) is 0 Å². The Kier molecular flexibility index (Phi) is 6.08. The highest BCUT2D eigenvalue weighted by Gasteiger charge is 2.04. The highest BCUT2D eigenvalue weighted by molar-refractivity contribution is 4.86. The Morgan fingerprint density at radius 2 is 2.25 bits per heavy atom. The topological polar surface area (TPSA) is 42.7 Å². The molecule has 1 aromatic rings. The summed E-state index contributed by atoms with van der Waals surface area (Å²) in [7, 11) is 0. The number of nitrogens with zero attached hydrogens (tertiary/aromatic N) is 3. The van der Waals surface area contributed by atoms with E-state index in [2.05, 4.69) is 40.9 Å². The van der Waals surface area contributed by atoms with Crippen molar-refractivity contribution in [2.24, 2.45) is 0 Å². The number of unbranched alkanes of at least 4 members (excludes halogenated alkanes) is 1. The molecule has 0 radical (unpaired) electrons. The molecule has 0 saturated carbocycles. The van der Waals surface area contributed by atoms with Gasteiger partial charge < -0.3 is 9.88 Å². The van der Waals surface area contributed by atoms with Crippen LogP contribution in [0.4, 0.5) is 0 Å². The summed E-state index contributed by atoms with van der Waals surface area (Å²) in [5.41, 5.74) is 0. The second kappa shape index (κ2) is 7.39. The fraction of sp³-hybridized carbons (Fsp3) is 0.833. The molecule has 0 aliphatic carbocycles. The van der Waals surface area contributed by atoms with E-state index >= 15 is 0 Å². The standard InChI is InChI=1S/C12H24N4/c1-4-6-7-11(3)13-9-8-12-15-14-10-16(12)5-2/h10-11,13H,4-9H2,1-3H3. The zero-order chi connectivity index (χ0) is 11.8. The lowest BCUT2D eigenvalue weighted by Gasteiger charge is -2.12. The van der Waals surface area contributed by atoms with E-state index in [1.165, 1.54) is 19.3 Å². The van der Waals surface area contributed by atoms with Gasteiger partial charge in [-0.1, -0.05) is 19.8 Å². The van der Waals surface area contributed by atoms with Gasteiger partial charge in [0.15, 0.2) is 0 Å². The van der Waals surface area contributed by atoms with Crippen LogP contribution in [0, 0.1) is 0 Å². The minimum atomic E-state index is 0.609. The normalized spacial score (nSPS) is 12.9. The molecule has 4 heteroatoms. The summed E-state index contributed by atoms with van der Waals surface area (Å²) in [6.07, 6.45) is 6.60. The van der Waals surface area contributed by atoms with Gasteiger partial charge in [-0.3, -0.25) is 0 Å². The molecule has 1 N–H and O–H groups in total. The van der Waals surface area contributed by atoms with Crippen molar-refractivity contribution in [3.63, 3.8) is 0 Å². The number of aryl methyl sites for hydroxylation is 1. The number of nitrogens with one attached hydrogen (secondary N) is 1. The maximum Gasteiger partial charge on any atom is 0.134 e. The van der Waals surface area contributed by atoms with Gasteiger partial charge in [0, 0.05) is 25.6 Å². The Morgan fingerprint density at radius 1 is 1.44 bits per heavy atom. The zero-order valence-electron chi connectivity index (χ0n) is 10.7. The average Bonchev–Trinajstić information content (AvgIpc) is 2.74. The first kappa shape index (κ1) is 13.2. The Morgan fingerprint density at radius 3 is 2.94 bits per heavy atom. The first-order chi connectivity index (χ1) is 7.77. The highest BCUT2D eigenvalue weighted by atomic mass is 15.3. The zero-order valence-corrected chi connectivity index (χ0v) is 10.7. The lowest BCUT2D eigenvalue weighted by molar-refractivity contribution is 0.492. The van der Waals surface area contributed by atoms with Crippen molar-refractivity contribution >= 4 is 0 Å². The average molecular weight is 224 g/mol. The summed E-state index contributed by atoms with van der Waals surface area (Å²) < 4.78 is 2.10. The van der Waals surface area contributed by atoms with Crippen LogP contribution in [0.15, 0.2) is 6.33 Å². The van der Waals surface area contributed by atoms with Crippen LogP contribution in [0.2, 0.25) is 0 Å². The van der Waals surface area contributed by atoms with Crippen molar-refractivity contribution in [1.82, 2.24) is 20.1 Å². The number of rotatable bonds is 8. The fourth-order valence-electron chi connectivity index (χ4n) is 1.78. The van der Waals surface area contributed by atoms with E-state index in [-0.39, 0.29) is 0 Å². The molecule has 1 rings (SSSR count). The molecule has 0 spiro atoms. The summed E-state index contributed by atoms with van der Waals surface area (Å²) >= 11 is 0. The largest absolute Gasteiger partial charge is 0.318 e. The van der Waals surface area contributed by atoms with Gasteiger partial charge in [0.2, 0.25) is 0 Å². The van der Waals surface area contributed by atoms with E-state index in [1.807, 2.05) is 0 Å². The lowest BCUT2D eigenvalue weighted by atomic mass is 10.1. The van der Waals surface area contributed by atoms with Gasteiger partial charge >= 0.3 is 0 Å². The molecule has 0 aromatic carbocycles. The lowest BCUT2D eigenvalue weighted by Crippen LogP contribution is -2.28. The van der Waals surface area contributed by atoms with Crippen LogP contribution in [0.5, 0.6) is 0 Å². The van der Waals surface area contributed by atoms with Gasteiger partial charge in [-0.15, -0.1) is 10.2 Å². The molecule has 0 bridgehead atoms. The minimum Gasteiger partial charge on any atom is -0.318 e. The summed E-state index contributed by atoms with van der Waals surface area (Å²) in [5.74, 6) is 1.08. The van der Waals surface area contributed by atoms with Crippen molar-refractivity contribution < 1.29 is 0 Å². The van der Waals surface area contributed by atoms with Gasteiger partial charge in [0.1, 0.15) is 12.2 Å². The Bertz CT molecular complexity index is 282. The minimum absolute atomic E-state index is 0.609. The van der Waals surface area contributed by atoms with Crippen LogP contribution < -0.4 is 5.32 Å². The summed E-state index contributed by atoms with van der Waals surface area (Å²) in [6.45, 7) is 8.54. The molecule has 1 unspecified atom stereocenters. The van der Waals surface area contributed by atoms with Crippen LogP contribution in [0.3, 0.4) is 0 Å². The molecule has 1 aromatic heterocycles. The predicted octanol–water partition coefficient (Wildman–Crippen LogP) is 2.01. The number of hydrogen-bond acceptors (Lipinski definition) is 3. The van der Waals surface area contributed by atoms with Gasteiger partial charge in [-0.05, 0) is 20.3 Å². The highest BCUT2D eigenvalue weighted by Crippen LogP contribution is 2.00. The van der Waals surface area contributed by atoms with Crippen molar-refractivity contribution in [2.45, 2.75) is 59.0 Å². The predicted molar refractivity (Wildman–Crippen MR) is 66.4 cm³/mol. The third-order valence-corrected chi connectivity index (χ3v) is 2.87. The van der Waals surface area contributed by atoms with Crippen LogP contribution in [-0.4, -0.2) is 27.4 Å². The molecule has 1 atom stereocenters. The second-order valence-electron chi connectivity index (χ2n) is 4.28. The van der Waals surface area contributed by atoms with Crippen LogP contribution in [-0.2, 0) is 13.0 Å². The van der Waals surface area contributed by atoms with Crippen molar-refractivity contribution in [2.75, 3.05) is 6.54 Å². The van der Waals surface area contributed by atoms with Crippen molar-refractivity contribution in [3.8, 4) is 0 Å². The Labute approximate surface area is 98.5 Å². The van der Waals surface area contributed by atoms with Gasteiger partial charge in [-0.25, -0.2) is 0 Å². The van der Waals surface area contributed by atoms with Crippen LogP contribution in [0.1, 0.15) is 45.9 Å². The van der Waals surface area contributed by atoms with Gasteiger partial charge in [0.05, 0.1) is 0 Å². The quantitative estimate of drug-likeness (QED) is 0.734. The number of hydrogen-bond donors (Lipinski definition) is 1. The molecule has 0 amide bonds. The molecule has 1 heterocycles. The van der Waals surface area contributed by atoms with Crippen molar-refractivity contribution in [1.29, 1.82) is 0 Å². The van der Waals surface area contributed by atoms with Crippen molar-refractivity contribution in [3.05, 3.63) is 12.2 Å². The third-order valence-electron chi connectivity index (χ3n) is 2.87. The first-order valence-corrected chi connectivity index (χ1v) is 6.38. The fourth-order valence-corrected chi connectivity index (χ4v) is 1.78. The van der Waals surface area contributed by atoms with E-state index in [0.29, 0.717) is 6.04 Å². The van der Waals surface area contributed by atoms with E-state index in [0.717, 1.165) is 25.3 Å². The molecule has 0 aliphatic rings. The van der Waals surface area contributed by atoms with Gasteiger partial charge in [0.25, 0.3) is 0 Å². The molecule has 0 fully saturated rings. The molecule has 0 saturated heterocycles. The molecule has 0 aliphatic heterocycles. The molecular formula is C12H24N4. The molecule has 4 nitrogen and oxygen atoms in total. The molecule has 16 heavy (non-hydrogen) atoms. The smallest absolute Gasteiger partial charge is 0.134 e. The Hall–Kier alpha value is -0.900. The first-order valence-electron chi connectivity index (χ1n) is 6.38. The maximum atomic E-state index is 4.12. The molecule has 92 valence electrons. The second-order valence-corrected chi connectivity index (χ2v) is 4.28. The summed E-state index contributed by atoms with van der Waals surface area (Å²) in [5, 5.41) is 11.6. The van der Waals surface area contributed by atoms with Crippen LogP contribution >= 0.6 is 0 Å². The van der Waals surface area contributed by atoms with E-state index in [1.54, 1.807) is 6.33 Å².